The summed E-state index contributed by atoms with van der Waals surface area (Å²) in [5, 5.41) is 2.91. The van der Waals surface area contributed by atoms with Gasteiger partial charge in [0.05, 0.1) is 25.1 Å². The molecule has 0 bridgehead atoms. The van der Waals surface area contributed by atoms with Gasteiger partial charge in [0.25, 0.3) is 0 Å². The SMILES string of the molecule is CC[C@H](NC(=O)CN(c1ccc(OC)cc1)S(C)(=O)=O)c1ccccc1. The summed E-state index contributed by atoms with van der Waals surface area (Å²) in [4.78, 5) is 12.5. The first-order valence-corrected chi connectivity index (χ1v) is 10.2. The van der Waals surface area contributed by atoms with Crippen LogP contribution in [0.1, 0.15) is 24.9 Å². The summed E-state index contributed by atoms with van der Waals surface area (Å²) in [6.45, 7) is 1.68. The van der Waals surface area contributed by atoms with E-state index in [2.05, 4.69) is 5.32 Å². The normalized spacial score (nSPS) is 12.3. The molecular weight excluding hydrogens is 352 g/mol. The van der Waals surface area contributed by atoms with E-state index in [1.54, 1.807) is 24.3 Å². The van der Waals surface area contributed by atoms with Crippen LogP contribution in [0.3, 0.4) is 0 Å². The topological polar surface area (TPSA) is 75.7 Å². The Kier molecular flexibility index (Phi) is 6.63. The van der Waals surface area contributed by atoms with Crippen LogP contribution in [0.2, 0.25) is 0 Å². The zero-order valence-electron chi connectivity index (χ0n) is 15.2. The Labute approximate surface area is 154 Å². The molecule has 6 nitrogen and oxygen atoms in total. The minimum absolute atomic E-state index is 0.166. The molecule has 2 rings (SSSR count). The Balaban J connectivity index is 2.16. The number of anilines is 1. The third kappa shape index (κ3) is 5.23. The highest BCUT2D eigenvalue weighted by molar-refractivity contribution is 7.92. The van der Waals surface area contributed by atoms with E-state index in [4.69, 9.17) is 4.74 Å². The Morgan fingerprint density at radius 1 is 1.12 bits per heavy atom. The fourth-order valence-electron chi connectivity index (χ4n) is 2.63. The molecule has 0 spiro atoms. The molecule has 0 saturated carbocycles. The van der Waals surface area contributed by atoms with Crippen molar-refractivity contribution in [2.45, 2.75) is 19.4 Å². The number of hydrogen-bond acceptors (Lipinski definition) is 4. The van der Waals surface area contributed by atoms with Gasteiger partial charge in [0.1, 0.15) is 12.3 Å². The first-order chi connectivity index (χ1) is 12.3. The van der Waals surface area contributed by atoms with Crippen LogP contribution in [0.5, 0.6) is 5.75 Å². The second-order valence-electron chi connectivity index (χ2n) is 5.91. The van der Waals surface area contributed by atoms with Gasteiger partial charge < -0.3 is 10.1 Å². The Morgan fingerprint density at radius 3 is 2.23 bits per heavy atom. The number of nitrogens with one attached hydrogen (secondary N) is 1. The zero-order chi connectivity index (χ0) is 19.2. The molecule has 0 aromatic heterocycles. The van der Waals surface area contributed by atoms with Gasteiger partial charge in [-0.15, -0.1) is 0 Å². The molecule has 2 aromatic rings. The molecule has 0 radical (unpaired) electrons. The van der Waals surface area contributed by atoms with E-state index in [0.29, 0.717) is 17.9 Å². The highest BCUT2D eigenvalue weighted by Gasteiger charge is 2.22. The monoisotopic (exact) mass is 376 g/mol. The van der Waals surface area contributed by atoms with Crippen molar-refractivity contribution in [2.24, 2.45) is 0 Å². The van der Waals surface area contributed by atoms with E-state index in [9.17, 15) is 13.2 Å². The van der Waals surface area contributed by atoms with Crippen molar-refractivity contribution in [1.82, 2.24) is 5.32 Å². The summed E-state index contributed by atoms with van der Waals surface area (Å²) < 4.78 is 30.5. The summed E-state index contributed by atoms with van der Waals surface area (Å²) >= 11 is 0. The third-order valence-corrected chi connectivity index (χ3v) is 5.13. The minimum atomic E-state index is -3.61. The van der Waals surface area contributed by atoms with E-state index >= 15 is 0 Å². The van der Waals surface area contributed by atoms with Crippen LogP contribution in [0, 0.1) is 0 Å². The lowest BCUT2D eigenvalue weighted by molar-refractivity contribution is -0.120. The van der Waals surface area contributed by atoms with Gasteiger partial charge >= 0.3 is 0 Å². The number of rotatable bonds is 8. The Hall–Kier alpha value is -2.54. The number of carbonyl (C=O) groups excluding carboxylic acids is 1. The van der Waals surface area contributed by atoms with Gasteiger partial charge in [-0.25, -0.2) is 8.42 Å². The van der Waals surface area contributed by atoms with E-state index in [-0.39, 0.29) is 18.5 Å². The molecule has 1 amide bonds. The Morgan fingerprint density at radius 2 is 1.73 bits per heavy atom. The van der Waals surface area contributed by atoms with E-state index in [0.717, 1.165) is 16.1 Å². The van der Waals surface area contributed by atoms with Crippen molar-refractivity contribution >= 4 is 21.6 Å². The summed E-state index contributed by atoms with van der Waals surface area (Å²) in [5.74, 6) is 0.253. The fraction of sp³-hybridized carbons (Fsp3) is 0.316. The molecule has 0 aliphatic carbocycles. The highest BCUT2D eigenvalue weighted by atomic mass is 32.2. The summed E-state index contributed by atoms with van der Waals surface area (Å²) in [5.41, 5.74) is 1.40. The number of carbonyl (C=O) groups is 1. The van der Waals surface area contributed by atoms with Crippen LogP contribution in [-0.2, 0) is 14.8 Å². The first kappa shape index (κ1) is 19.8. The summed E-state index contributed by atoms with van der Waals surface area (Å²) in [6, 6.07) is 16.0. The lowest BCUT2D eigenvalue weighted by Crippen LogP contribution is -2.41. The van der Waals surface area contributed by atoms with E-state index < -0.39 is 10.0 Å². The van der Waals surface area contributed by atoms with Gasteiger partial charge in [-0.05, 0) is 36.2 Å². The van der Waals surface area contributed by atoms with Crippen molar-refractivity contribution in [2.75, 3.05) is 24.2 Å². The molecular formula is C19H24N2O4S. The number of methoxy groups -OCH3 is 1. The third-order valence-electron chi connectivity index (χ3n) is 3.99. The van der Waals surface area contributed by atoms with Crippen LogP contribution >= 0.6 is 0 Å². The molecule has 1 atom stereocenters. The molecule has 0 unspecified atom stereocenters. The van der Waals surface area contributed by atoms with Crippen molar-refractivity contribution in [3.05, 3.63) is 60.2 Å². The van der Waals surface area contributed by atoms with E-state index in [1.165, 1.54) is 7.11 Å². The van der Waals surface area contributed by atoms with Crippen LogP contribution in [0.25, 0.3) is 0 Å². The van der Waals surface area contributed by atoms with Crippen molar-refractivity contribution < 1.29 is 17.9 Å². The van der Waals surface area contributed by atoms with Gasteiger partial charge in [0.15, 0.2) is 0 Å². The number of hydrogen-bond donors (Lipinski definition) is 1. The van der Waals surface area contributed by atoms with Crippen LogP contribution < -0.4 is 14.4 Å². The molecule has 0 heterocycles. The number of sulfonamides is 1. The number of nitrogens with zero attached hydrogens (tertiary/aromatic N) is 1. The number of ether oxygens (including phenoxy) is 1. The molecule has 7 heteroatoms. The molecule has 140 valence electrons. The first-order valence-electron chi connectivity index (χ1n) is 8.31. The largest absolute Gasteiger partial charge is 0.497 e. The van der Waals surface area contributed by atoms with Crippen LogP contribution in [0.4, 0.5) is 5.69 Å². The minimum Gasteiger partial charge on any atom is -0.497 e. The van der Waals surface area contributed by atoms with E-state index in [1.807, 2.05) is 37.3 Å². The quantitative estimate of drug-likeness (QED) is 0.769. The maximum Gasteiger partial charge on any atom is 0.241 e. The smallest absolute Gasteiger partial charge is 0.241 e. The van der Waals surface area contributed by atoms with Crippen molar-refractivity contribution in [3.8, 4) is 5.75 Å². The molecule has 0 fully saturated rings. The van der Waals surface area contributed by atoms with Crippen LogP contribution in [-0.4, -0.2) is 34.2 Å². The van der Waals surface area contributed by atoms with Gasteiger partial charge in [0, 0.05) is 0 Å². The predicted molar refractivity (Wildman–Crippen MR) is 103 cm³/mol. The summed E-state index contributed by atoms with van der Waals surface area (Å²) in [6.07, 6.45) is 1.79. The molecule has 0 aliphatic rings. The molecule has 2 aromatic carbocycles. The predicted octanol–water partition coefficient (Wildman–Crippen LogP) is 2.73. The summed E-state index contributed by atoms with van der Waals surface area (Å²) in [7, 11) is -2.08. The van der Waals surface area contributed by atoms with Gasteiger partial charge in [0.2, 0.25) is 15.9 Å². The number of amides is 1. The van der Waals surface area contributed by atoms with Crippen LogP contribution in [0.15, 0.2) is 54.6 Å². The Bertz CT molecular complexity index is 820. The number of benzene rings is 2. The second-order valence-corrected chi connectivity index (χ2v) is 7.81. The average molecular weight is 376 g/mol. The molecule has 0 aliphatic heterocycles. The fourth-order valence-corrected chi connectivity index (χ4v) is 3.48. The molecule has 1 N–H and O–H groups in total. The average Bonchev–Trinajstić information content (AvgIpc) is 2.64. The van der Waals surface area contributed by atoms with Gasteiger partial charge in [-0.2, -0.15) is 0 Å². The van der Waals surface area contributed by atoms with Gasteiger partial charge in [-0.3, -0.25) is 9.10 Å². The maximum atomic E-state index is 12.5. The zero-order valence-corrected chi connectivity index (χ0v) is 16.0. The lowest BCUT2D eigenvalue weighted by atomic mass is 10.0. The molecule has 0 saturated heterocycles. The molecule has 26 heavy (non-hydrogen) atoms. The standard InChI is InChI=1S/C19H24N2O4S/c1-4-18(15-8-6-5-7-9-15)20-19(22)14-21(26(3,23)24)16-10-12-17(25-2)13-11-16/h5-13,18H,4,14H2,1-3H3,(H,20,22)/t18-/m0/s1. The lowest BCUT2D eigenvalue weighted by Gasteiger charge is -2.24. The van der Waals surface area contributed by atoms with Crippen molar-refractivity contribution in [1.29, 1.82) is 0 Å². The second kappa shape index (κ2) is 8.71. The van der Waals surface area contributed by atoms with Crippen molar-refractivity contribution in [3.63, 3.8) is 0 Å². The maximum absolute atomic E-state index is 12.5. The highest BCUT2D eigenvalue weighted by Crippen LogP contribution is 2.22. The van der Waals surface area contributed by atoms with Gasteiger partial charge in [-0.1, -0.05) is 37.3 Å².